The summed E-state index contributed by atoms with van der Waals surface area (Å²) in [5.74, 6) is -1.84. The molecule has 2 aromatic carbocycles. The molecule has 1 aliphatic rings. The van der Waals surface area contributed by atoms with Crippen LogP contribution >= 0.6 is 11.6 Å². The Labute approximate surface area is 162 Å². The zero-order valence-corrected chi connectivity index (χ0v) is 15.3. The standard InChI is InChI=1S/C16H11ClF3N3O4S/c17-10-6-8-11(9-7-10)23-13(24)15(16(18,19)20,21-14(23)25)22-28(26,27)12-4-2-1-3-5-12/h1-9,22H,(H,21,25). The van der Waals surface area contributed by atoms with Crippen molar-refractivity contribution in [2.45, 2.75) is 16.7 Å². The maximum atomic E-state index is 13.8. The van der Waals surface area contributed by atoms with Crippen LogP contribution in [0.3, 0.4) is 0 Å². The Kier molecular flexibility index (Phi) is 4.86. The Morgan fingerprint density at radius 3 is 2.11 bits per heavy atom. The van der Waals surface area contributed by atoms with Crippen molar-refractivity contribution in [3.05, 3.63) is 59.6 Å². The summed E-state index contributed by atoms with van der Waals surface area (Å²) < 4.78 is 67.7. The van der Waals surface area contributed by atoms with Crippen molar-refractivity contribution >= 4 is 39.2 Å². The molecule has 0 bridgehead atoms. The van der Waals surface area contributed by atoms with Gasteiger partial charge in [0, 0.05) is 5.02 Å². The van der Waals surface area contributed by atoms with Gasteiger partial charge in [-0.15, -0.1) is 0 Å². The molecule has 1 unspecified atom stereocenters. The highest BCUT2D eigenvalue weighted by atomic mass is 35.5. The second-order valence-electron chi connectivity index (χ2n) is 5.71. The fourth-order valence-electron chi connectivity index (χ4n) is 2.53. The third-order valence-electron chi connectivity index (χ3n) is 3.87. The number of hydrogen-bond acceptors (Lipinski definition) is 4. The SMILES string of the molecule is O=C1NC(NS(=O)(=O)c2ccccc2)(C(F)(F)F)C(=O)N1c1ccc(Cl)cc1. The van der Waals surface area contributed by atoms with Gasteiger partial charge in [-0.2, -0.15) is 17.9 Å². The number of benzene rings is 2. The minimum absolute atomic E-state index is 0.192. The highest BCUT2D eigenvalue weighted by Gasteiger charge is 2.69. The average Bonchev–Trinajstić information content (AvgIpc) is 2.87. The van der Waals surface area contributed by atoms with E-state index in [1.165, 1.54) is 40.4 Å². The number of nitrogens with one attached hydrogen (secondary N) is 2. The summed E-state index contributed by atoms with van der Waals surface area (Å²) in [5, 5.41) is 1.66. The topological polar surface area (TPSA) is 95.6 Å². The monoisotopic (exact) mass is 433 g/mol. The summed E-state index contributed by atoms with van der Waals surface area (Å²) in [5.41, 5.74) is -4.07. The molecule has 0 saturated carbocycles. The van der Waals surface area contributed by atoms with Gasteiger partial charge in [0.2, 0.25) is 10.0 Å². The Morgan fingerprint density at radius 1 is 1.00 bits per heavy atom. The lowest BCUT2D eigenvalue weighted by Crippen LogP contribution is -2.69. The van der Waals surface area contributed by atoms with Crippen molar-refractivity contribution in [2.24, 2.45) is 0 Å². The van der Waals surface area contributed by atoms with E-state index < -0.39 is 38.7 Å². The predicted molar refractivity (Wildman–Crippen MR) is 93.0 cm³/mol. The van der Waals surface area contributed by atoms with Crippen molar-refractivity contribution in [1.82, 2.24) is 10.0 Å². The van der Waals surface area contributed by atoms with E-state index in [4.69, 9.17) is 11.6 Å². The number of nitrogens with zero attached hydrogens (tertiary/aromatic N) is 1. The van der Waals surface area contributed by atoms with Crippen LogP contribution in [0.25, 0.3) is 0 Å². The van der Waals surface area contributed by atoms with Gasteiger partial charge in [0.05, 0.1) is 10.6 Å². The minimum atomic E-state index is -5.47. The van der Waals surface area contributed by atoms with Gasteiger partial charge < -0.3 is 5.32 Å². The Balaban J connectivity index is 2.07. The molecule has 1 atom stereocenters. The minimum Gasteiger partial charge on any atom is -0.302 e. The first-order valence-corrected chi connectivity index (χ1v) is 9.42. The van der Waals surface area contributed by atoms with Gasteiger partial charge in [0.15, 0.2) is 0 Å². The van der Waals surface area contributed by atoms with Crippen LogP contribution in [0.15, 0.2) is 59.5 Å². The molecule has 1 aliphatic heterocycles. The second kappa shape index (κ2) is 6.76. The largest absolute Gasteiger partial charge is 0.435 e. The van der Waals surface area contributed by atoms with Crippen molar-refractivity contribution in [1.29, 1.82) is 0 Å². The van der Waals surface area contributed by atoms with Crippen LogP contribution in [0.4, 0.5) is 23.7 Å². The lowest BCUT2D eigenvalue weighted by molar-refractivity contribution is -0.194. The summed E-state index contributed by atoms with van der Waals surface area (Å²) in [7, 11) is -4.81. The summed E-state index contributed by atoms with van der Waals surface area (Å²) >= 11 is 5.70. The number of anilines is 1. The van der Waals surface area contributed by atoms with Crippen LogP contribution in [0.5, 0.6) is 0 Å². The molecule has 2 aromatic rings. The molecule has 1 saturated heterocycles. The van der Waals surface area contributed by atoms with E-state index >= 15 is 0 Å². The van der Waals surface area contributed by atoms with Crippen LogP contribution in [-0.2, 0) is 14.8 Å². The molecule has 1 fully saturated rings. The average molecular weight is 434 g/mol. The van der Waals surface area contributed by atoms with Gasteiger partial charge in [-0.25, -0.2) is 18.1 Å². The fourth-order valence-corrected chi connectivity index (χ4v) is 3.95. The molecule has 2 N–H and O–H groups in total. The van der Waals surface area contributed by atoms with Gasteiger partial charge in [0.1, 0.15) is 0 Å². The molecule has 3 amide bonds. The highest BCUT2D eigenvalue weighted by Crippen LogP contribution is 2.37. The van der Waals surface area contributed by atoms with Crippen LogP contribution in [0, 0.1) is 0 Å². The molecular formula is C16H11ClF3N3O4S. The summed E-state index contributed by atoms with van der Waals surface area (Å²) in [4.78, 5) is 24.5. The summed E-state index contributed by atoms with van der Waals surface area (Å²) in [6, 6.07) is 9.53. The van der Waals surface area contributed by atoms with Crippen LogP contribution < -0.4 is 14.9 Å². The third-order valence-corrected chi connectivity index (χ3v) is 5.59. The number of rotatable bonds is 4. The zero-order valence-electron chi connectivity index (χ0n) is 13.7. The van der Waals surface area contributed by atoms with Gasteiger partial charge in [-0.05, 0) is 36.4 Å². The van der Waals surface area contributed by atoms with Crippen molar-refractivity contribution in [2.75, 3.05) is 4.90 Å². The van der Waals surface area contributed by atoms with E-state index in [1.54, 1.807) is 0 Å². The van der Waals surface area contributed by atoms with E-state index in [2.05, 4.69) is 0 Å². The van der Waals surface area contributed by atoms with Crippen molar-refractivity contribution in [3.63, 3.8) is 0 Å². The zero-order chi connectivity index (χ0) is 20.7. The molecule has 0 spiro atoms. The first-order chi connectivity index (χ1) is 13.0. The first-order valence-electron chi connectivity index (χ1n) is 7.56. The van der Waals surface area contributed by atoms with E-state index in [-0.39, 0.29) is 15.6 Å². The smallest absolute Gasteiger partial charge is 0.302 e. The maximum Gasteiger partial charge on any atom is 0.435 e. The molecule has 148 valence electrons. The Bertz CT molecular complexity index is 1030. The summed E-state index contributed by atoms with van der Waals surface area (Å²) in [6.07, 6.45) is -5.47. The number of amides is 3. The quantitative estimate of drug-likeness (QED) is 0.724. The Morgan fingerprint density at radius 2 is 1.57 bits per heavy atom. The van der Waals surface area contributed by atoms with Crippen LogP contribution in [-0.4, -0.2) is 32.2 Å². The number of halogens is 4. The normalized spacial score (nSPS) is 20.4. The second-order valence-corrected chi connectivity index (χ2v) is 7.83. The molecule has 0 radical (unpaired) electrons. The Hall–Kier alpha value is -2.63. The maximum absolute atomic E-state index is 13.8. The molecule has 3 rings (SSSR count). The number of carbonyl (C=O) groups is 2. The molecule has 0 aliphatic carbocycles. The summed E-state index contributed by atoms with van der Waals surface area (Å²) in [6.45, 7) is 0. The molecule has 0 aromatic heterocycles. The number of sulfonamides is 1. The number of urea groups is 1. The number of hydrogen-bond donors (Lipinski definition) is 2. The van der Waals surface area contributed by atoms with E-state index in [0.29, 0.717) is 0 Å². The number of carbonyl (C=O) groups excluding carboxylic acids is 2. The van der Waals surface area contributed by atoms with Crippen molar-refractivity contribution in [3.8, 4) is 0 Å². The van der Waals surface area contributed by atoms with Crippen LogP contribution in [0.2, 0.25) is 5.02 Å². The van der Waals surface area contributed by atoms with Gasteiger partial charge >= 0.3 is 12.2 Å². The third kappa shape index (κ3) is 3.32. The molecule has 28 heavy (non-hydrogen) atoms. The molecule has 7 nitrogen and oxygen atoms in total. The fraction of sp³-hybridized carbons (Fsp3) is 0.125. The van der Waals surface area contributed by atoms with E-state index in [9.17, 15) is 31.2 Å². The highest BCUT2D eigenvalue weighted by molar-refractivity contribution is 7.89. The first kappa shape index (κ1) is 20.1. The predicted octanol–water partition coefficient (Wildman–Crippen LogP) is 2.63. The molecule has 12 heteroatoms. The van der Waals surface area contributed by atoms with Gasteiger partial charge in [-0.1, -0.05) is 29.8 Å². The lowest BCUT2D eigenvalue weighted by atomic mass is 10.1. The van der Waals surface area contributed by atoms with E-state index in [1.807, 2.05) is 0 Å². The number of imide groups is 1. The van der Waals surface area contributed by atoms with E-state index in [0.717, 1.165) is 24.3 Å². The molecular weight excluding hydrogens is 423 g/mol. The van der Waals surface area contributed by atoms with Crippen LogP contribution in [0.1, 0.15) is 0 Å². The van der Waals surface area contributed by atoms with Gasteiger partial charge in [-0.3, -0.25) is 4.79 Å². The van der Waals surface area contributed by atoms with Gasteiger partial charge in [0.25, 0.3) is 11.6 Å². The number of alkyl halides is 3. The lowest BCUT2D eigenvalue weighted by Gasteiger charge is -2.29. The molecule has 1 heterocycles. The van der Waals surface area contributed by atoms with Crippen molar-refractivity contribution < 1.29 is 31.2 Å².